The molecule has 1 amide bonds. The van der Waals surface area contributed by atoms with E-state index < -0.39 is 7.12 Å². The lowest BCUT2D eigenvalue weighted by atomic mass is 9.53. The normalized spacial score (nSPS) is 29.2. The number of carbonyl (C=O) groups excluding carboxylic acids is 2. The molecule has 3 unspecified atom stereocenters. The van der Waals surface area contributed by atoms with Crippen molar-refractivity contribution in [3.63, 3.8) is 0 Å². The summed E-state index contributed by atoms with van der Waals surface area (Å²) >= 11 is 0. The van der Waals surface area contributed by atoms with E-state index in [9.17, 15) is 19.6 Å². The van der Waals surface area contributed by atoms with E-state index in [0.29, 0.717) is 54.3 Å². The van der Waals surface area contributed by atoms with E-state index in [1.54, 1.807) is 0 Å². The van der Waals surface area contributed by atoms with Gasteiger partial charge in [-0.1, -0.05) is 55.5 Å². The highest BCUT2D eigenvalue weighted by atomic mass is 16.4. The van der Waals surface area contributed by atoms with E-state index in [1.165, 1.54) is 11.1 Å². The van der Waals surface area contributed by atoms with Gasteiger partial charge in [0.25, 0.3) is 0 Å². The quantitative estimate of drug-likeness (QED) is 0.538. The number of amides is 1. The van der Waals surface area contributed by atoms with Crippen LogP contribution >= 0.6 is 0 Å². The average Bonchev–Trinajstić information content (AvgIpc) is 3.12. The lowest BCUT2D eigenvalue weighted by Crippen LogP contribution is -2.44. The fourth-order valence-corrected chi connectivity index (χ4v) is 7.50. The molecule has 0 aromatic heterocycles. The molecular formula is C29H36BNO4. The lowest BCUT2D eigenvalue weighted by molar-refractivity contribution is -0.129. The Labute approximate surface area is 208 Å². The van der Waals surface area contributed by atoms with Crippen LogP contribution in [0, 0.1) is 23.2 Å². The fraction of sp³-hybridized carbons (Fsp3) is 0.517. The zero-order valence-electron chi connectivity index (χ0n) is 20.6. The van der Waals surface area contributed by atoms with Gasteiger partial charge in [0.15, 0.2) is 0 Å². The van der Waals surface area contributed by atoms with Crippen LogP contribution in [0.15, 0.2) is 48.5 Å². The second-order valence-corrected chi connectivity index (χ2v) is 11.2. The van der Waals surface area contributed by atoms with Crippen molar-refractivity contribution >= 4 is 24.3 Å². The van der Waals surface area contributed by atoms with Gasteiger partial charge in [-0.25, -0.2) is 0 Å². The van der Waals surface area contributed by atoms with Gasteiger partial charge in [0.2, 0.25) is 5.91 Å². The summed E-state index contributed by atoms with van der Waals surface area (Å²) in [7, 11) is -1.44. The second kappa shape index (κ2) is 9.90. The molecule has 6 heteroatoms. The molecule has 2 fully saturated rings. The Kier molecular flexibility index (Phi) is 6.87. The SMILES string of the molecule is C[C@]12CCC3c4ccc(B(O)O)cc4CCC3C1[C@@H](CCCC(=O)NCc1ccccc1)CC2=O. The first-order chi connectivity index (χ1) is 16.9. The number of hydrogen-bond acceptors (Lipinski definition) is 4. The highest BCUT2D eigenvalue weighted by Crippen LogP contribution is 2.62. The van der Waals surface area contributed by atoms with Gasteiger partial charge in [0.05, 0.1) is 0 Å². The molecule has 0 radical (unpaired) electrons. The molecule has 0 spiro atoms. The molecule has 0 bridgehead atoms. The van der Waals surface area contributed by atoms with E-state index in [4.69, 9.17) is 0 Å². The Morgan fingerprint density at radius 1 is 1.14 bits per heavy atom. The van der Waals surface area contributed by atoms with Crippen LogP contribution in [0.25, 0.3) is 0 Å². The summed E-state index contributed by atoms with van der Waals surface area (Å²) < 4.78 is 0. The molecule has 2 saturated carbocycles. The molecule has 5 atom stereocenters. The summed E-state index contributed by atoms with van der Waals surface area (Å²) in [6.07, 6.45) is 6.81. The van der Waals surface area contributed by atoms with Crippen LogP contribution in [-0.4, -0.2) is 28.9 Å². The number of aryl methyl sites for hydroxylation is 1. The van der Waals surface area contributed by atoms with Crippen LogP contribution < -0.4 is 10.8 Å². The van der Waals surface area contributed by atoms with E-state index in [2.05, 4.69) is 18.3 Å². The standard InChI is InChI=1S/C29H36BNO4/c1-29-15-14-24-23-13-11-22(30(34)35)16-20(23)10-12-25(24)28(29)21(17-26(29)32)8-5-9-27(33)31-18-19-6-3-2-4-7-19/h2-4,6-7,11,13,16,21,24-25,28,34-35H,5,8-10,12,14-15,17-18H2,1H3,(H,31,33)/t21-,24?,25?,28?,29+/m0/s1. The molecule has 35 heavy (non-hydrogen) atoms. The zero-order valence-corrected chi connectivity index (χ0v) is 20.6. The summed E-state index contributed by atoms with van der Waals surface area (Å²) in [5.74, 6) is 2.14. The summed E-state index contributed by atoms with van der Waals surface area (Å²) in [4.78, 5) is 25.6. The van der Waals surface area contributed by atoms with Crippen LogP contribution in [0.5, 0.6) is 0 Å². The van der Waals surface area contributed by atoms with Crippen molar-refractivity contribution in [3.05, 3.63) is 65.2 Å². The monoisotopic (exact) mass is 473 g/mol. The van der Waals surface area contributed by atoms with Gasteiger partial charge in [-0.05, 0) is 84.3 Å². The highest BCUT2D eigenvalue weighted by Gasteiger charge is 2.58. The van der Waals surface area contributed by atoms with Crippen LogP contribution in [0.4, 0.5) is 0 Å². The smallest absolute Gasteiger partial charge is 0.423 e. The van der Waals surface area contributed by atoms with E-state index in [-0.39, 0.29) is 11.3 Å². The number of fused-ring (bicyclic) bond motifs is 5. The lowest BCUT2D eigenvalue weighted by Gasteiger charge is -2.50. The van der Waals surface area contributed by atoms with Gasteiger partial charge in [-0.15, -0.1) is 0 Å². The van der Waals surface area contributed by atoms with Gasteiger partial charge in [0.1, 0.15) is 5.78 Å². The molecule has 3 aliphatic rings. The molecule has 2 aromatic carbocycles. The predicted molar refractivity (Wildman–Crippen MR) is 137 cm³/mol. The summed E-state index contributed by atoms with van der Waals surface area (Å²) in [6.45, 7) is 2.75. The molecule has 5 rings (SSSR count). The van der Waals surface area contributed by atoms with Crippen molar-refractivity contribution in [2.75, 3.05) is 0 Å². The van der Waals surface area contributed by atoms with Crippen molar-refractivity contribution in [2.45, 2.75) is 70.8 Å². The number of benzene rings is 2. The highest BCUT2D eigenvalue weighted by molar-refractivity contribution is 6.58. The van der Waals surface area contributed by atoms with Crippen molar-refractivity contribution in [1.29, 1.82) is 0 Å². The molecule has 3 aliphatic carbocycles. The number of hydrogen-bond donors (Lipinski definition) is 3. The zero-order chi connectivity index (χ0) is 24.6. The number of ketones is 1. The third-order valence-corrected chi connectivity index (χ3v) is 9.20. The number of rotatable bonds is 7. The van der Waals surface area contributed by atoms with E-state index in [1.807, 2.05) is 42.5 Å². The largest absolute Gasteiger partial charge is 0.488 e. The Morgan fingerprint density at radius 3 is 2.71 bits per heavy atom. The summed E-state index contributed by atoms with van der Waals surface area (Å²) in [5.41, 5.74) is 3.99. The Morgan fingerprint density at radius 2 is 1.94 bits per heavy atom. The van der Waals surface area contributed by atoms with Crippen molar-refractivity contribution in [2.24, 2.45) is 23.2 Å². The van der Waals surface area contributed by atoms with Crippen LogP contribution in [0.3, 0.4) is 0 Å². The first-order valence-corrected chi connectivity index (χ1v) is 13.2. The van der Waals surface area contributed by atoms with Crippen LogP contribution in [-0.2, 0) is 22.6 Å². The Bertz CT molecular complexity index is 1090. The molecule has 0 heterocycles. The number of carbonyl (C=O) groups is 2. The van der Waals surface area contributed by atoms with Crippen molar-refractivity contribution in [3.8, 4) is 0 Å². The fourth-order valence-electron chi connectivity index (χ4n) is 7.50. The van der Waals surface area contributed by atoms with Gasteiger partial charge in [-0.3, -0.25) is 9.59 Å². The summed E-state index contributed by atoms with van der Waals surface area (Å²) in [6, 6.07) is 15.8. The molecular weight excluding hydrogens is 437 g/mol. The molecule has 3 N–H and O–H groups in total. The maximum atomic E-state index is 13.2. The van der Waals surface area contributed by atoms with E-state index >= 15 is 0 Å². The number of nitrogens with one attached hydrogen (secondary N) is 1. The van der Waals surface area contributed by atoms with E-state index in [0.717, 1.165) is 44.1 Å². The average molecular weight is 473 g/mol. The predicted octanol–water partition coefficient (Wildman–Crippen LogP) is 3.50. The molecule has 5 nitrogen and oxygen atoms in total. The summed E-state index contributed by atoms with van der Waals surface area (Å²) in [5, 5.41) is 22.2. The third kappa shape index (κ3) is 4.71. The van der Waals surface area contributed by atoms with Gasteiger partial charge in [-0.2, -0.15) is 0 Å². The number of Topliss-reactive ketones (excluding diaryl/α,β-unsaturated/α-hetero) is 1. The maximum absolute atomic E-state index is 13.2. The molecule has 2 aromatic rings. The Hall–Kier alpha value is -2.44. The topological polar surface area (TPSA) is 86.6 Å². The van der Waals surface area contributed by atoms with Crippen molar-refractivity contribution < 1.29 is 19.6 Å². The first kappa shape index (κ1) is 24.3. The first-order valence-electron chi connectivity index (χ1n) is 13.2. The minimum absolute atomic E-state index is 0.0796. The van der Waals surface area contributed by atoms with Gasteiger partial charge < -0.3 is 15.4 Å². The van der Waals surface area contributed by atoms with Gasteiger partial charge >= 0.3 is 7.12 Å². The molecule has 0 saturated heterocycles. The minimum Gasteiger partial charge on any atom is -0.423 e. The van der Waals surface area contributed by atoms with Crippen LogP contribution in [0.1, 0.15) is 74.5 Å². The van der Waals surface area contributed by atoms with Gasteiger partial charge in [0, 0.05) is 24.8 Å². The molecule has 184 valence electrons. The maximum Gasteiger partial charge on any atom is 0.488 e. The minimum atomic E-state index is -1.44. The molecule has 0 aliphatic heterocycles. The Balaban J connectivity index is 1.24. The van der Waals surface area contributed by atoms with Crippen LogP contribution in [0.2, 0.25) is 0 Å². The second-order valence-electron chi connectivity index (χ2n) is 11.2. The van der Waals surface area contributed by atoms with Crippen molar-refractivity contribution in [1.82, 2.24) is 5.32 Å². The third-order valence-electron chi connectivity index (χ3n) is 9.20.